The fourth-order valence-electron chi connectivity index (χ4n) is 1.77. The van der Waals surface area contributed by atoms with Crippen molar-refractivity contribution in [3.8, 4) is 0 Å². The highest BCUT2D eigenvalue weighted by Gasteiger charge is 2.14. The Bertz CT molecular complexity index is 271. The van der Waals surface area contributed by atoms with Crippen LogP contribution in [0.25, 0.3) is 0 Å². The minimum Gasteiger partial charge on any atom is -0.355 e. The maximum atomic E-state index is 5.39. The third-order valence-corrected chi connectivity index (χ3v) is 3.67. The third kappa shape index (κ3) is 5.14. The SMILES string of the molecule is CN1CCCN(C(=S)NC(=S)N(C)C)CCC1. The third-order valence-electron chi connectivity index (χ3n) is 2.84. The molecule has 1 heterocycles. The van der Waals surface area contributed by atoms with E-state index in [0.717, 1.165) is 44.1 Å². The van der Waals surface area contributed by atoms with Crippen molar-refractivity contribution >= 4 is 34.7 Å². The van der Waals surface area contributed by atoms with Crippen molar-refractivity contribution in [2.45, 2.75) is 12.8 Å². The second-order valence-electron chi connectivity index (χ2n) is 4.63. The van der Waals surface area contributed by atoms with Crippen LogP contribution in [0.15, 0.2) is 0 Å². The van der Waals surface area contributed by atoms with E-state index in [2.05, 4.69) is 22.2 Å². The van der Waals surface area contributed by atoms with Gasteiger partial charge in [0.2, 0.25) is 0 Å². The molecular formula is C11H22N4S2. The molecule has 0 aromatic carbocycles. The Balaban J connectivity index is 2.42. The molecule has 0 spiro atoms. The van der Waals surface area contributed by atoms with Crippen LogP contribution in [0.3, 0.4) is 0 Å². The van der Waals surface area contributed by atoms with Crippen molar-refractivity contribution < 1.29 is 0 Å². The van der Waals surface area contributed by atoms with Crippen LogP contribution in [-0.4, -0.2) is 72.2 Å². The van der Waals surface area contributed by atoms with E-state index in [0.29, 0.717) is 5.11 Å². The van der Waals surface area contributed by atoms with E-state index < -0.39 is 0 Å². The second-order valence-corrected chi connectivity index (χ2v) is 5.40. The molecule has 1 aliphatic rings. The van der Waals surface area contributed by atoms with Crippen molar-refractivity contribution in [3.63, 3.8) is 0 Å². The van der Waals surface area contributed by atoms with Crippen molar-refractivity contribution in [1.29, 1.82) is 0 Å². The summed E-state index contributed by atoms with van der Waals surface area (Å²) >= 11 is 10.6. The molecule has 0 aromatic heterocycles. The van der Waals surface area contributed by atoms with Gasteiger partial charge in [0.05, 0.1) is 0 Å². The lowest BCUT2D eigenvalue weighted by Crippen LogP contribution is -2.48. The van der Waals surface area contributed by atoms with E-state index in [9.17, 15) is 0 Å². The molecule has 0 saturated carbocycles. The summed E-state index contributed by atoms with van der Waals surface area (Å²) in [4.78, 5) is 6.45. The summed E-state index contributed by atoms with van der Waals surface area (Å²) in [6.45, 7) is 4.28. The molecule has 1 rings (SSSR count). The highest BCUT2D eigenvalue weighted by molar-refractivity contribution is 7.81. The van der Waals surface area contributed by atoms with E-state index >= 15 is 0 Å². The lowest BCUT2D eigenvalue weighted by atomic mass is 10.2. The maximum absolute atomic E-state index is 5.39. The van der Waals surface area contributed by atoms with Crippen LogP contribution >= 0.6 is 24.4 Å². The Kier molecular flexibility index (Phi) is 6.08. The molecule has 1 aliphatic heterocycles. The Labute approximate surface area is 115 Å². The maximum Gasteiger partial charge on any atom is 0.175 e. The monoisotopic (exact) mass is 274 g/mol. The predicted molar refractivity (Wildman–Crippen MR) is 80.3 cm³/mol. The second kappa shape index (κ2) is 7.08. The van der Waals surface area contributed by atoms with Gasteiger partial charge in [0.15, 0.2) is 10.2 Å². The zero-order chi connectivity index (χ0) is 12.8. The number of hydrogen-bond acceptors (Lipinski definition) is 3. The molecule has 1 fully saturated rings. The first-order valence-corrected chi connectivity index (χ1v) is 6.78. The fraction of sp³-hybridized carbons (Fsp3) is 0.818. The van der Waals surface area contributed by atoms with Crippen molar-refractivity contribution in [1.82, 2.24) is 20.0 Å². The van der Waals surface area contributed by atoms with Crippen molar-refractivity contribution in [3.05, 3.63) is 0 Å². The van der Waals surface area contributed by atoms with Gasteiger partial charge in [0.1, 0.15) is 0 Å². The van der Waals surface area contributed by atoms with Gasteiger partial charge in [-0.05, 0) is 57.4 Å². The highest BCUT2D eigenvalue weighted by atomic mass is 32.1. The largest absolute Gasteiger partial charge is 0.355 e. The lowest BCUT2D eigenvalue weighted by molar-refractivity contribution is 0.258. The van der Waals surface area contributed by atoms with Gasteiger partial charge >= 0.3 is 0 Å². The molecule has 0 radical (unpaired) electrons. The minimum absolute atomic E-state index is 0.675. The van der Waals surface area contributed by atoms with Gasteiger partial charge < -0.3 is 20.0 Å². The van der Waals surface area contributed by atoms with Gasteiger partial charge in [-0.1, -0.05) is 0 Å². The molecule has 98 valence electrons. The Morgan fingerprint density at radius 3 is 2.06 bits per heavy atom. The van der Waals surface area contributed by atoms with Crippen LogP contribution in [0.1, 0.15) is 12.8 Å². The molecule has 1 saturated heterocycles. The summed E-state index contributed by atoms with van der Waals surface area (Å²) in [5, 5.41) is 4.54. The Morgan fingerprint density at radius 1 is 1.06 bits per heavy atom. The normalized spacial score (nSPS) is 18.2. The van der Waals surface area contributed by atoms with Crippen molar-refractivity contribution in [2.24, 2.45) is 0 Å². The number of thiocarbonyl (C=S) groups is 2. The van der Waals surface area contributed by atoms with Crippen LogP contribution in [0.4, 0.5) is 0 Å². The predicted octanol–water partition coefficient (Wildman–Crippen LogP) is 0.735. The summed E-state index contributed by atoms with van der Waals surface area (Å²) in [6, 6.07) is 0. The zero-order valence-electron chi connectivity index (χ0n) is 10.9. The molecule has 1 N–H and O–H groups in total. The number of nitrogens with one attached hydrogen (secondary N) is 1. The average molecular weight is 274 g/mol. The topological polar surface area (TPSA) is 21.8 Å². The average Bonchev–Trinajstić information content (AvgIpc) is 2.22. The zero-order valence-corrected chi connectivity index (χ0v) is 12.5. The van der Waals surface area contributed by atoms with Gasteiger partial charge in [-0.15, -0.1) is 0 Å². The van der Waals surface area contributed by atoms with Crippen LogP contribution < -0.4 is 5.32 Å². The molecule has 0 bridgehead atoms. The number of hydrogen-bond donors (Lipinski definition) is 1. The fourth-order valence-corrected chi connectivity index (χ4v) is 2.21. The van der Waals surface area contributed by atoms with Gasteiger partial charge in [0, 0.05) is 27.2 Å². The Hall–Kier alpha value is -0.460. The van der Waals surface area contributed by atoms with Gasteiger partial charge in [0.25, 0.3) is 0 Å². The van der Waals surface area contributed by atoms with Crippen LogP contribution in [-0.2, 0) is 0 Å². The van der Waals surface area contributed by atoms with E-state index in [4.69, 9.17) is 24.4 Å². The summed E-state index contributed by atoms with van der Waals surface area (Å²) in [7, 11) is 6.01. The van der Waals surface area contributed by atoms with Gasteiger partial charge in [-0.3, -0.25) is 0 Å². The molecule has 17 heavy (non-hydrogen) atoms. The van der Waals surface area contributed by atoms with Gasteiger partial charge in [-0.2, -0.15) is 0 Å². The summed E-state index contributed by atoms with van der Waals surface area (Å²) in [5.74, 6) is 0. The first-order chi connectivity index (χ1) is 8.00. The van der Waals surface area contributed by atoms with Crippen molar-refractivity contribution in [2.75, 3.05) is 47.3 Å². The smallest absolute Gasteiger partial charge is 0.175 e. The van der Waals surface area contributed by atoms with Crippen LogP contribution in [0.2, 0.25) is 0 Å². The molecule has 0 atom stereocenters. The molecule has 4 nitrogen and oxygen atoms in total. The summed E-state index contributed by atoms with van der Waals surface area (Å²) < 4.78 is 0. The van der Waals surface area contributed by atoms with E-state index in [1.807, 2.05) is 19.0 Å². The first-order valence-electron chi connectivity index (χ1n) is 5.96. The quantitative estimate of drug-likeness (QED) is 0.653. The lowest BCUT2D eigenvalue weighted by Gasteiger charge is -2.31. The van der Waals surface area contributed by atoms with Gasteiger partial charge in [-0.25, -0.2) is 0 Å². The van der Waals surface area contributed by atoms with E-state index in [1.165, 1.54) is 0 Å². The minimum atomic E-state index is 0.675. The van der Waals surface area contributed by atoms with Crippen LogP contribution in [0, 0.1) is 0 Å². The molecule has 0 aromatic rings. The summed E-state index contributed by atoms with van der Waals surface area (Å²) in [5.41, 5.74) is 0. The molecule has 6 heteroatoms. The standard InChI is InChI=1S/C11H22N4S2/c1-13(2)10(16)12-11(17)15-8-4-6-14(3)7-5-9-15/h4-9H2,1-3H3,(H,12,16,17). The molecule has 0 unspecified atom stereocenters. The molecule has 0 aliphatic carbocycles. The van der Waals surface area contributed by atoms with Crippen LogP contribution in [0.5, 0.6) is 0 Å². The molecule has 0 amide bonds. The Morgan fingerprint density at radius 2 is 1.59 bits per heavy atom. The van der Waals surface area contributed by atoms with E-state index in [-0.39, 0.29) is 0 Å². The first kappa shape index (κ1) is 14.6. The molecular weight excluding hydrogens is 252 g/mol. The number of rotatable bonds is 0. The highest BCUT2D eigenvalue weighted by Crippen LogP contribution is 2.03. The number of nitrogens with zero attached hydrogens (tertiary/aromatic N) is 3. The van der Waals surface area contributed by atoms with E-state index in [1.54, 1.807) is 0 Å². The summed E-state index contributed by atoms with van der Waals surface area (Å²) in [6.07, 6.45) is 2.29.